The summed E-state index contributed by atoms with van der Waals surface area (Å²) < 4.78 is 1.83. The lowest BCUT2D eigenvalue weighted by Gasteiger charge is -2.34. The van der Waals surface area contributed by atoms with Crippen LogP contribution < -0.4 is 5.73 Å². The second-order valence-electron chi connectivity index (χ2n) is 5.69. The molecule has 2 atom stereocenters. The van der Waals surface area contributed by atoms with Gasteiger partial charge in [-0.25, -0.2) is 0 Å². The molecule has 0 unspecified atom stereocenters. The molecule has 1 aromatic heterocycles. The molecule has 2 N–H and O–H groups in total. The van der Waals surface area contributed by atoms with E-state index in [1.54, 1.807) is 6.20 Å². The van der Waals surface area contributed by atoms with Gasteiger partial charge in [0.05, 0.1) is 12.2 Å². The van der Waals surface area contributed by atoms with Gasteiger partial charge in [0.2, 0.25) is 5.91 Å². The van der Waals surface area contributed by atoms with E-state index in [0.717, 1.165) is 32.5 Å². The fourth-order valence-corrected chi connectivity index (χ4v) is 2.50. The molecule has 1 aromatic rings. The number of hydrogen-bond donors (Lipinski definition) is 1. The Morgan fingerprint density at radius 2 is 2.32 bits per heavy atom. The number of aromatic nitrogens is 3. The third kappa shape index (κ3) is 3.53. The average Bonchev–Trinajstić information content (AvgIpc) is 2.90. The van der Waals surface area contributed by atoms with Crippen LogP contribution in [0.4, 0.5) is 0 Å². The maximum Gasteiger partial charge on any atom is 0.239 e. The highest BCUT2D eigenvalue weighted by Crippen LogP contribution is 2.19. The van der Waals surface area contributed by atoms with Crippen molar-refractivity contribution in [2.24, 2.45) is 17.6 Å². The maximum absolute atomic E-state index is 12.3. The van der Waals surface area contributed by atoms with Crippen LogP contribution in [0, 0.1) is 11.8 Å². The molecule has 106 valence electrons. The van der Waals surface area contributed by atoms with Crippen molar-refractivity contribution in [1.29, 1.82) is 0 Å². The molecule has 1 aliphatic rings. The van der Waals surface area contributed by atoms with E-state index in [2.05, 4.69) is 10.3 Å². The summed E-state index contributed by atoms with van der Waals surface area (Å²) in [5.74, 6) is 0.709. The topological polar surface area (TPSA) is 77.0 Å². The van der Waals surface area contributed by atoms with Gasteiger partial charge in [0.25, 0.3) is 0 Å². The molecule has 0 saturated carbocycles. The molecule has 1 amide bonds. The van der Waals surface area contributed by atoms with Crippen molar-refractivity contribution in [3.8, 4) is 0 Å². The molecule has 2 rings (SSSR count). The van der Waals surface area contributed by atoms with Crippen molar-refractivity contribution < 1.29 is 4.79 Å². The van der Waals surface area contributed by atoms with E-state index in [-0.39, 0.29) is 17.9 Å². The van der Waals surface area contributed by atoms with E-state index in [1.165, 1.54) is 0 Å². The number of likely N-dealkylation sites (tertiary alicyclic amines) is 1. The number of carbonyl (C=O) groups is 1. The lowest BCUT2D eigenvalue weighted by Crippen LogP contribution is -2.50. The first kappa shape index (κ1) is 14.0. The summed E-state index contributed by atoms with van der Waals surface area (Å²) in [5, 5.41) is 7.79. The Hall–Kier alpha value is -1.43. The number of nitrogens with zero attached hydrogens (tertiary/aromatic N) is 4. The van der Waals surface area contributed by atoms with Gasteiger partial charge in [0.1, 0.15) is 0 Å². The van der Waals surface area contributed by atoms with Gasteiger partial charge in [0.15, 0.2) is 0 Å². The van der Waals surface area contributed by atoms with Gasteiger partial charge in [-0.15, -0.1) is 5.10 Å². The Bertz CT molecular complexity index is 403. The largest absolute Gasteiger partial charge is 0.341 e. The van der Waals surface area contributed by atoms with Gasteiger partial charge in [-0.3, -0.25) is 9.48 Å². The van der Waals surface area contributed by atoms with Gasteiger partial charge < -0.3 is 10.6 Å². The van der Waals surface area contributed by atoms with Gasteiger partial charge in [-0.1, -0.05) is 19.1 Å². The Morgan fingerprint density at radius 1 is 1.53 bits per heavy atom. The van der Waals surface area contributed by atoms with Crippen molar-refractivity contribution in [3.63, 3.8) is 0 Å². The van der Waals surface area contributed by atoms with Crippen LogP contribution in [-0.4, -0.2) is 44.9 Å². The second-order valence-corrected chi connectivity index (χ2v) is 5.69. The number of nitrogens with two attached hydrogens (primary N) is 1. The minimum absolute atomic E-state index is 0.0818. The molecule has 0 radical (unpaired) electrons. The quantitative estimate of drug-likeness (QED) is 0.860. The van der Waals surface area contributed by atoms with Crippen molar-refractivity contribution in [1.82, 2.24) is 19.9 Å². The van der Waals surface area contributed by atoms with E-state index < -0.39 is 0 Å². The summed E-state index contributed by atoms with van der Waals surface area (Å²) in [4.78, 5) is 14.2. The predicted octanol–water partition coefficient (Wildman–Crippen LogP) is 0.500. The molecule has 0 bridgehead atoms. The highest BCUT2D eigenvalue weighted by molar-refractivity contribution is 5.82. The molecule has 1 aliphatic heterocycles. The Kier molecular flexibility index (Phi) is 4.52. The summed E-state index contributed by atoms with van der Waals surface area (Å²) in [7, 11) is 0. The third-order valence-corrected chi connectivity index (χ3v) is 3.75. The fourth-order valence-electron chi connectivity index (χ4n) is 2.50. The number of amides is 1. The Labute approximate surface area is 113 Å². The van der Waals surface area contributed by atoms with E-state index in [4.69, 9.17) is 5.73 Å². The molecule has 1 saturated heterocycles. The van der Waals surface area contributed by atoms with Crippen molar-refractivity contribution in [2.75, 3.05) is 13.1 Å². The molecule has 2 heterocycles. The average molecular weight is 265 g/mol. The molecule has 1 fully saturated rings. The van der Waals surface area contributed by atoms with Crippen LogP contribution in [0.1, 0.15) is 26.7 Å². The first-order chi connectivity index (χ1) is 9.08. The van der Waals surface area contributed by atoms with Gasteiger partial charge in [-0.05, 0) is 24.7 Å². The molecule has 6 nitrogen and oxygen atoms in total. The first-order valence-corrected chi connectivity index (χ1v) is 6.96. The zero-order chi connectivity index (χ0) is 13.8. The van der Waals surface area contributed by atoms with Crippen LogP contribution in [0.15, 0.2) is 12.4 Å². The summed E-state index contributed by atoms with van der Waals surface area (Å²) >= 11 is 0. The SMILES string of the molecule is CC(C)[C@H](N)C(=O)N1CCC[C@H](Cn2ccnn2)C1. The highest BCUT2D eigenvalue weighted by Gasteiger charge is 2.28. The van der Waals surface area contributed by atoms with Crippen LogP contribution in [-0.2, 0) is 11.3 Å². The third-order valence-electron chi connectivity index (χ3n) is 3.75. The second kappa shape index (κ2) is 6.14. The van der Waals surface area contributed by atoms with Crippen LogP contribution in [0.25, 0.3) is 0 Å². The molecule has 19 heavy (non-hydrogen) atoms. The van der Waals surface area contributed by atoms with E-state index in [9.17, 15) is 4.79 Å². The highest BCUT2D eigenvalue weighted by atomic mass is 16.2. The Morgan fingerprint density at radius 3 is 2.95 bits per heavy atom. The summed E-state index contributed by atoms with van der Waals surface area (Å²) in [6, 6.07) is -0.384. The fraction of sp³-hybridized carbons (Fsp3) is 0.769. The lowest BCUT2D eigenvalue weighted by molar-refractivity contribution is -0.135. The summed E-state index contributed by atoms with van der Waals surface area (Å²) in [5.41, 5.74) is 5.95. The molecular weight excluding hydrogens is 242 g/mol. The predicted molar refractivity (Wildman–Crippen MR) is 72.1 cm³/mol. The standard InChI is InChI=1S/C13H23N5O/c1-10(2)12(14)13(19)17-6-3-4-11(8-17)9-18-7-5-15-16-18/h5,7,10-12H,3-4,6,8-9,14H2,1-2H3/t11-,12-/m0/s1. The van der Waals surface area contributed by atoms with E-state index in [0.29, 0.717) is 5.92 Å². The monoisotopic (exact) mass is 265 g/mol. The van der Waals surface area contributed by atoms with Gasteiger partial charge in [0, 0.05) is 25.8 Å². The normalized spacial score (nSPS) is 21.7. The zero-order valence-corrected chi connectivity index (χ0v) is 11.7. The van der Waals surface area contributed by atoms with Crippen LogP contribution in [0.2, 0.25) is 0 Å². The lowest BCUT2D eigenvalue weighted by atomic mass is 9.96. The van der Waals surface area contributed by atoms with Crippen molar-refractivity contribution >= 4 is 5.91 Å². The first-order valence-electron chi connectivity index (χ1n) is 6.96. The minimum Gasteiger partial charge on any atom is -0.341 e. The van der Waals surface area contributed by atoms with Gasteiger partial charge in [-0.2, -0.15) is 0 Å². The van der Waals surface area contributed by atoms with Crippen LogP contribution in [0.3, 0.4) is 0 Å². The number of hydrogen-bond acceptors (Lipinski definition) is 4. The van der Waals surface area contributed by atoms with E-state index >= 15 is 0 Å². The summed E-state index contributed by atoms with van der Waals surface area (Å²) in [6.45, 7) is 6.39. The molecule has 0 spiro atoms. The van der Waals surface area contributed by atoms with Crippen LogP contribution >= 0.6 is 0 Å². The number of carbonyl (C=O) groups excluding carboxylic acids is 1. The number of rotatable bonds is 4. The molecule has 0 aliphatic carbocycles. The maximum atomic E-state index is 12.3. The minimum atomic E-state index is -0.384. The molecular formula is C13H23N5O. The molecule has 6 heteroatoms. The van der Waals surface area contributed by atoms with Gasteiger partial charge >= 0.3 is 0 Å². The van der Waals surface area contributed by atoms with Crippen molar-refractivity contribution in [3.05, 3.63) is 12.4 Å². The Balaban J connectivity index is 1.91. The number of piperidine rings is 1. The van der Waals surface area contributed by atoms with Crippen LogP contribution in [0.5, 0.6) is 0 Å². The summed E-state index contributed by atoms with van der Waals surface area (Å²) in [6.07, 6.45) is 5.71. The van der Waals surface area contributed by atoms with Crippen molar-refractivity contribution in [2.45, 2.75) is 39.3 Å². The molecule has 0 aromatic carbocycles. The van der Waals surface area contributed by atoms with E-state index in [1.807, 2.05) is 29.6 Å². The zero-order valence-electron chi connectivity index (χ0n) is 11.7. The smallest absolute Gasteiger partial charge is 0.239 e.